The third-order valence-electron chi connectivity index (χ3n) is 2.42. The summed E-state index contributed by atoms with van der Waals surface area (Å²) in [6, 6.07) is 11.5. The molecule has 0 unspecified atom stereocenters. The molecular weight excluding hydrogens is 244 g/mol. The molecule has 0 bridgehead atoms. The summed E-state index contributed by atoms with van der Waals surface area (Å²) in [7, 11) is 0. The average molecular weight is 254 g/mol. The predicted molar refractivity (Wildman–Crippen MR) is 67.2 cm³/mol. The number of benzene rings is 1. The molecule has 2 N–H and O–H groups in total. The van der Waals surface area contributed by atoms with Crippen LogP contribution in [0.3, 0.4) is 0 Å². The molecule has 0 spiro atoms. The second-order valence-electron chi connectivity index (χ2n) is 3.80. The molecule has 1 aromatic carbocycles. The van der Waals surface area contributed by atoms with Crippen LogP contribution >= 0.6 is 0 Å². The molecule has 6 nitrogen and oxygen atoms in total. The van der Waals surface area contributed by atoms with E-state index in [2.05, 4.69) is 15.5 Å². The van der Waals surface area contributed by atoms with Crippen molar-refractivity contribution in [3.63, 3.8) is 0 Å². The molecule has 0 saturated carbocycles. The normalized spacial score (nSPS) is 9.63. The van der Waals surface area contributed by atoms with E-state index in [4.69, 9.17) is 5.26 Å². The number of nitriles is 1. The molecule has 2 aromatic rings. The highest BCUT2D eigenvalue weighted by Crippen LogP contribution is 2.03. The Hall–Kier alpha value is -2.94. The van der Waals surface area contributed by atoms with Gasteiger partial charge < -0.3 is 5.32 Å². The molecule has 0 atom stereocenters. The van der Waals surface area contributed by atoms with E-state index in [0.717, 1.165) is 5.56 Å². The van der Waals surface area contributed by atoms with Crippen LogP contribution in [-0.4, -0.2) is 16.1 Å². The van der Waals surface area contributed by atoms with Crippen LogP contribution in [0.5, 0.6) is 0 Å². The lowest BCUT2D eigenvalue weighted by molar-refractivity contribution is 0.0945. The fourth-order valence-electron chi connectivity index (χ4n) is 1.49. The number of amides is 1. The highest BCUT2D eigenvalue weighted by molar-refractivity contribution is 5.91. The Morgan fingerprint density at radius 3 is 2.89 bits per heavy atom. The summed E-state index contributed by atoms with van der Waals surface area (Å²) in [5.41, 5.74) is 1.13. The number of rotatable bonds is 3. The van der Waals surface area contributed by atoms with E-state index in [9.17, 15) is 9.59 Å². The molecule has 0 saturated heterocycles. The average Bonchev–Trinajstić information content (AvgIpc) is 2.46. The zero-order chi connectivity index (χ0) is 13.7. The number of H-pyrrole nitrogens is 1. The molecule has 0 aliphatic carbocycles. The largest absolute Gasteiger partial charge is 0.347 e. The van der Waals surface area contributed by atoms with Crippen molar-refractivity contribution in [3.05, 3.63) is 63.6 Å². The van der Waals surface area contributed by atoms with Gasteiger partial charge in [0.15, 0.2) is 0 Å². The van der Waals surface area contributed by atoms with Crippen LogP contribution in [0.2, 0.25) is 0 Å². The van der Waals surface area contributed by atoms with Gasteiger partial charge in [0.25, 0.3) is 11.5 Å². The maximum Gasteiger partial charge on any atom is 0.271 e. The number of hydrogen-bond donors (Lipinski definition) is 2. The van der Waals surface area contributed by atoms with Crippen LogP contribution in [0.15, 0.2) is 41.2 Å². The summed E-state index contributed by atoms with van der Waals surface area (Å²) < 4.78 is 0. The van der Waals surface area contributed by atoms with E-state index in [1.54, 1.807) is 24.3 Å². The Balaban J connectivity index is 2.02. The Bertz CT molecular complexity index is 680. The zero-order valence-electron chi connectivity index (χ0n) is 9.88. The fraction of sp³-hybridized carbons (Fsp3) is 0.0769. The molecule has 1 aromatic heterocycles. The van der Waals surface area contributed by atoms with Gasteiger partial charge in [0.1, 0.15) is 5.69 Å². The summed E-state index contributed by atoms with van der Waals surface area (Å²) in [5.74, 6) is -0.390. The number of aromatic nitrogens is 2. The third kappa shape index (κ3) is 3.26. The van der Waals surface area contributed by atoms with E-state index < -0.39 is 5.91 Å². The van der Waals surface area contributed by atoms with Crippen molar-refractivity contribution in [1.82, 2.24) is 15.5 Å². The second-order valence-corrected chi connectivity index (χ2v) is 3.80. The summed E-state index contributed by atoms with van der Waals surface area (Å²) in [6.45, 7) is 0.287. The molecule has 2 rings (SSSR count). The van der Waals surface area contributed by atoms with Crippen LogP contribution in [0, 0.1) is 11.3 Å². The lowest BCUT2D eigenvalue weighted by atomic mass is 10.1. The maximum absolute atomic E-state index is 11.7. The van der Waals surface area contributed by atoms with E-state index in [1.165, 1.54) is 12.1 Å². The standard InChI is InChI=1S/C13H10N4O2/c14-7-9-2-1-3-10(6-9)8-15-13(19)11-4-5-12(18)17-16-11/h1-6H,8H2,(H,15,19)(H,17,18). The number of carbonyl (C=O) groups is 1. The van der Waals surface area contributed by atoms with E-state index in [0.29, 0.717) is 5.56 Å². The predicted octanol–water partition coefficient (Wildman–Crippen LogP) is 0.572. The van der Waals surface area contributed by atoms with Gasteiger partial charge in [-0.15, -0.1) is 0 Å². The van der Waals surface area contributed by atoms with Gasteiger partial charge in [-0.25, -0.2) is 5.10 Å². The van der Waals surface area contributed by atoms with Crippen LogP contribution in [0.1, 0.15) is 21.6 Å². The highest BCUT2D eigenvalue weighted by Gasteiger charge is 2.06. The minimum absolute atomic E-state index is 0.135. The molecule has 19 heavy (non-hydrogen) atoms. The van der Waals surface area contributed by atoms with Crippen molar-refractivity contribution < 1.29 is 4.79 Å². The fourth-order valence-corrected chi connectivity index (χ4v) is 1.49. The molecule has 0 aliphatic heterocycles. The van der Waals surface area contributed by atoms with Crippen LogP contribution in [0.4, 0.5) is 0 Å². The van der Waals surface area contributed by atoms with Crippen molar-refractivity contribution in [1.29, 1.82) is 5.26 Å². The van der Waals surface area contributed by atoms with Gasteiger partial charge in [-0.1, -0.05) is 12.1 Å². The quantitative estimate of drug-likeness (QED) is 0.836. The minimum atomic E-state index is -0.390. The van der Waals surface area contributed by atoms with E-state index in [1.807, 2.05) is 6.07 Å². The number of aromatic amines is 1. The number of nitrogens with zero attached hydrogens (tertiary/aromatic N) is 2. The Kier molecular flexibility index (Phi) is 3.69. The van der Waals surface area contributed by atoms with Gasteiger partial charge in [0.05, 0.1) is 11.6 Å². The first-order valence-electron chi connectivity index (χ1n) is 5.52. The molecule has 1 heterocycles. The molecule has 6 heteroatoms. The first-order valence-corrected chi connectivity index (χ1v) is 5.52. The van der Waals surface area contributed by atoms with E-state index >= 15 is 0 Å². The molecule has 0 radical (unpaired) electrons. The summed E-state index contributed by atoms with van der Waals surface area (Å²) in [4.78, 5) is 22.5. The third-order valence-corrected chi connectivity index (χ3v) is 2.42. The Labute approximate surface area is 108 Å². The Morgan fingerprint density at radius 1 is 1.37 bits per heavy atom. The van der Waals surface area contributed by atoms with Gasteiger partial charge in [-0.05, 0) is 23.8 Å². The van der Waals surface area contributed by atoms with E-state index in [-0.39, 0.29) is 17.8 Å². The van der Waals surface area contributed by atoms with Gasteiger partial charge >= 0.3 is 0 Å². The van der Waals surface area contributed by atoms with Gasteiger partial charge in [0.2, 0.25) is 0 Å². The van der Waals surface area contributed by atoms with Gasteiger partial charge in [0, 0.05) is 12.6 Å². The highest BCUT2D eigenvalue weighted by atomic mass is 16.2. The van der Waals surface area contributed by atoms with Crippen LogP contribution < -0.4 is 10.9 Å². The summed E-state index contributed by atoms with van der Waals surface area (Å²) >= 11 is 0. The number of hydrogen-bond acceptors (Lipinski definition) is 4. The SMILES string of the molecule is N#Cc1cccc(CNC(=O)c2ccc(=O)[nH]n2)c1. The van der Waals surface area contributed by atoms with Crippen molar-refractivity contribution in [2.24, 2.45) is 0 Å². The first kappa shape index (κ1) is 12.5. The molecule has 1 amide bonds. The van der Waals surface area contributed by atoms with Crippen molar-refractivity contribution >= 4 is 5.91 Å². The maximum atomic E-state index is 11.7. The van der Waals surface area contributed by atoms with Gasteiger partial charge in [-0.2, -0.15) is 10.4 Å². The summed E-state index contributed by atoms with van der Waals surface area (Å²) in [5, 5.41) is 17.2. The van der Waals surface area contributed by atoms with Crippen LogP contribution in [-0.2, 0) is 6.54 Å². The zero-order valence-corrected chi connectivity index (χ0v) is 9.88. The van der Waals surface area contributed by atoms with Crippen LogP contribution in [0.25, 0.3) is 0 Å². The molecular formula is C13H10N4O2. The summed E-state index contributed by atoms with van der Waals surface area (Å²) in [6.07, 6.45) is 0. The molecule has 0 fully saturated rings. The number of nitrogens with one attached hydrogen (secondary N) is 2. The Morgan fingerprint density at radius 2 is 2.21 bits per heavy atom. The van der Waals surface area contributed by atoms with Gasteiger partial charge in [-0.3, -0.25) is 9.59 Å². The minimum Gasteiger partial charge on any atom is -0.347 e. The smallest absolute Gasteiger partial charge is 0.271 e. The lowest BCUT2D eigenvalue weighted by Crippen LogP contribution is -2.25. The molecule has 94 valence electrons. The monoisotopic (exact) mass is 254 g/mol. The second kappa shape index (κ2) is 5.60. The van der Waals surface area contributed by atoms with Crippen molar-refractivity contribution in [2.45, 2.75) is 6.54 Å². The first-order chi connectivity index (χ1) is 9.19. The number of carbonyl (C=O) groups excluding carboxylic acids is 1. The lowest BCUT2D eigenvalue weighted by Gasteiger charge is -2.04. The molecule has 0 aliphatic rings. The van der Waals surface area contributed by atoms with Crippen molar-refractivity contribution in [3.8, 4) is 6.07 Å². The van der Waals surface area contributed by atoms with Crippen molar-refractivity contribution in [2.75, 3.05) is 0 Å². The topological polar surface area (TPSA) is 98.6 Å².